The zero-order valence-electron chi connectivity index (χ0n) is 26.8. The molecule has 2 aliphatic rings. The maximum Gasteiger partial charge on any atom is 0.254 e. The van der Waals surface area contributed by atoms with Gasteiger partial charge in [0.2, 0.25) is 11.8 Å². The lowest BCUT2D eigenvalue weighted by atomic mass is 10.00. The summed E-state index contributed by atoms with van der Waals surface area (Å²) in [6.07, 6.45) is 1.78. The molecule has 240 valence electrons. The molecule has 2 aromatic carbocycles. The second-order valence-corrected chi connectivity index (χ2v) is 11.8. The predicted octanol–water partition coefficient (Wildman–Crippen LogP) is 3.94. The van der Waals surface area contributed by atoms with E-state index in [1.807, 2.05) is 61.7 Å². The number of methoxy groups -OCH3 is 1. The minimum atomic E-state index is -0.436. The van der Waals surface area contributed by atoms with Gasteiger partial charge in [-0.3, -0.25) is 19.1 Å². The van der Waals surface area contributed by atoms with Crippen molar-refractivity contribution in [3.8, 4) is 17.2 Å². The number of likely N-dealkylation sites (tertiary alicyclic amines) is 1. The van der Waals surface area contributed by atoms with Crippen LogP contribution in [0.25, 0.3) is 0 Å². The average Bonchev–Trinajstić information content (AvgIpc) is 3.27. The normalized spacial score (nSPS) is 19.0. The Morgan fingerprint density at radius 3 is 2.71 bits per heavy atom. The van der Waals surface area contributed by atoms with Crippen LogP contribution in [0, 0.1) is 13.8 Å². The van der Waals surface area contributed by atoms with E-state index in [-0.39, 0.29) is 36.9 Å². The topological polar surface area (TPSA) is 115 Å². The number of ether oxygens (including phenoxy) is 3. The van der Waals surface area contributed by atoms with Gasteiger partial charge in [-0.15, -0.1) is 0 Å². The predicted molar refractivity (Wildman–Crippen MR) is 168 cm³/mol. The van der Waals surface area contributed by atoms with Gasteiger partial charge in [-0.05, 0) is 74.6 Å². The number of rotatable bonds is 6. The van der Waals surface area contributed by atoms with Crippen LogP contribution in [0.3, 0.4) is 0 Å². The molecule has 3 amide bonds. The molecule has 0 radical (unpaired) electrons. The lowest BCUT2D eigenvalue weighted by Crippen LogP contribution is -2.57. The zero-order chi connectivity index (χ0) is 32.1. The lowest BCUT2D eigenvalue weighted by molar-refractivity contribution is -0.137. The number of piperidine rings is 1. The Bertz CT molecular complexity index is 1550. The fourth-order valence-electron chi connectivity index (χ4n) is 6.10. The van der Waals surface area contributed by atoms with Crippen molar-refractivity contribution in [2.45, 2.75) is 65.2 Å². The van der Waals surface area contributed by atoms with Crippen molar-refractivity contribution in [2.75, 3.05) is 33.3 Å². The first kappa shape index (κ1) is 32.0. The molecule has 0 saturated carbocycles. The zero-order valence-corrected chi connectivity index (χ0v) is 26.8. The number of hydrogen-bond donors (Lipinski definition) is 1. The Hall–Kier alpha value is -4.38. The monoisotopic (exact) mass is 617 g/mol. The van der Waals surface area contributed by atoms with Gasteiger partial charge < -0.3 is 29.3 Å². The molecule has 0 aliphatic carbocycles. The van der Waals surface area contributed by atoms with Crippen molar-refractivity contribution in [2.24, 2.45) is 7.05 Å². The Balaban J connectivity index is 1.38. The molecule has 1 saturated heterocycles. The van der Waals surface area contributed by atoms with E-state index in [1.165, 1.54) is 0 Å². The number of fused-ring (bicyclic) bond motifs is 5. The van der Waals surface area contributed by atoms with Crippen LogP contribution in [0.15, 0.2) is 42.5 Å². The molecule has 3 aromatic rings. The molecule has 1 N–H and O–H groups in total. The minimum absolute atomic E-state index is 0.0448. The van der Waals surface area contributed by atoms with Gasteiger partial charge in [0.1, 0.15) is 5.75 Å². The van der Waals surface area contributed by atoms with Crippen LogP contribution in [0.1, 0.15) is 59.1 Å². The van der Waals surface area contributed by atoms with E-state index in [2.05, 4.69) is 10.4 Å². The first-order valence-corrected chi connectivity index (χ1v) is 15.6. The molecule has 45 heavy (non-hydrogen) atoms. The fraction of sp³-hybridized carbons (Fsp3) is 0.471. The number of amides is 3. The van der Waals surface area contributed by atoms with E-state index in [9.17, 15) is 14.4 Å². The molecule has 1 aromatic heterocycles. The number of carbonyl (C=O) groups is 3. The molecular weight excluding hydrogens is 574 g/mol. The van der Waals surface area contributed by atoms with Crippen molar-refractivity contribution < 1.29 is 28.6 Å². The molecule has 2 aliphatic heterocycles. The maximum atomic E-state index is 13.6. The summed E-state index contributed by atoms with van der Waals surface area (Å²) in [7, 11) is 3.46. The van der Waals surface area contributed by atoms with Gasteiger partial charge in [-0.1, -0.05) is 19.1 Å². The standard InChI is InChI=1S/C34H43N5O6/c1-6-15-39-20-32(40)35-28-14-16-38(33(41)13-11-27-22(2)36-37(4)23(27)3)19-31(28)44-21-24-8-7-9-26(17-24)45-30-18-25(34(39)42)10-12-29(30)43-5/h7-10,12,17-18,28,31H,6,11,13-16,19-21H2,1-5H3,(H,35,40)/t28-,31-/m0/s1. The summed E-state index contributed by atoms with van der Waals surface area (Å²) >= 11 is 0. The number of nitrogens with one attached hydrogen (secondary N) is 1. The van der Waals surface area contributed by atoms with Crippen molar-refractivity contribution in [3.05, 3.63) is 70.5 Å². The van der Waals surface area contributed by atoms with Crippen LogP contribution in [0.5, 0.6) is 17.2 Å². The summed E-state index contributed by atoms with van der Waals surface area (Å²) in [6.45, 7) is 7.40. The highest BCUT2D eigenvalue weighted by atomic mass is 16.5. The van der Waals surface area contributed by atoms with Crippen molar-refractivity contribution in [1.82, 2.24) is 24.9 Å². The van der Waals surface area contributed by atoms with E-state index in [4.69, 9.17) is 14.2 Å². The van der Waals surface area contributed by atoms with Crippen LogP contribution in [0.2, 0.25) is 0 Å². The Kier molecular flexibility index (Phi) is 10.1. The van der Waals surface area contributed by atoms with E-state index in [0.717, 1.165) is 22.5 Å². The quantitative estimate of drug-likeness (QED) is 0.446. The number of hydrogen-bond acceptors (Lipinski definition) is 7. The van der Waals surface area contributed by atoms with Gasteiger partial charge in [0.25, 0.3) is 5.91 Å². The molecule has 0 spiro atoms. The minimum Gasteiger partial charge on any atom is -0.493 e. The van der Waals surface area contributed by atoms with Crippen molar-refractivity contribution in [1.29, 1.82) is 0 Å². The van der Waals surface area contributed by atoms with E-state index in [0.29, 0.717) is 68.1 Å². The van der Waals surface area contributed by atoms with Crippen LogP contribution in [0.4, 0.5) is 0 Å². The smallest absolute Gasteiger partial charge is 0.254 e. The van der Waals surface area contributed by atoms with Gasteiger partial charge in [-0.25, -0.2) is 0 Å². The summed E-state index contributed by atoms with van der Waals surface area (Å²) in [6, 6.07) is 12.2. The molecule has 5 rings (SSSR count). The largest absolute Gasteiger partial charge is 0.493 e. The van der Waals surface area contributed by atoms with Crippen molar-refractivity contribution >= 4 is 17.7 Å². The molecular formula is C34H43N5O6. The van der Waals surface area contributed by atoms with Gasteiger partial charge in [0.05, 0.1) is 38.1 Å². The van der Waals surface area contributed by atoms with Crippen LogP contribution in [-0.2, 0) is 34.4 Å². The van der Waals surface area contributed by atoms with E-state index < -0.39 is 6.10 Å². The molecule has 4 bridgehead atoms. The maximum absolute atomic E-state index is 13.6. The number of aryl methyl sites for hydroxylation is 2. The highest BCUT2D eigenvalue weighted by Crippen LogP contribution is 2.33. The summed E-state index contributed by atoms with van der Waals surface area (Å²) in [5.74, 6) is 0.959. The Labute approximate surface area is 264 Å². The number of carbonyl (C=O) groups excluding carboxylic acids is 3. The van der Waals surface area contributed by atoms with Gasteiger partial charge in [0.15, 0.2) is 11.5 Å². The third-order valence-electron chi connectivity index (χ3n) is 8.62. The summed E-state index contributed by atoms with van der Waals surface area (Å²) in [4.78, 5) is 43.7. The van der Waals surface area contributed by atoms with Gasteiger partial charge in [-0.2, -0.15) is 5.10 Å². The molecule has 0 unspecified atom stereocenters. The number of benzene rings is 2. The van der Waals surface area contributed by atoms with Crippen LogP contribution >= 0.6 is 0 Å². The molecule has 11 heteroatoms. The number of nitrogens with zero attached hydrogens (tertiary/aromatic N) is 4. The Morgan fingerprint density at radius 1 is 1.16 bits per heavy atom. The molecule has 2 atom stereocenters. The van der Waals surface area contributed by atoms with Crippen LogP contribution in [-0.4, -0.2) is 82.7 Å². The van der Waals surface area contributed by atoms with Crippen LogP contribution < -0.4 is 14.8 Å². The fourth-order valence-corrected chi connectivity index (χ4v) is 6.10. The highest BCUT2D eigenvalue weighted by molar-refractivity contribution is 5.97. The average molecular weight is 618 g/mol. The molecule has 1 fully saturated rings. The SMILES string of the molecule is CCCN1CC(=O)N[C@H]2CCN(C(=O)CCc3c(C)nn(C)c3C)C[C@@H]2OCc2cccc(c2)Oc2cc(ccc2OC)C1=O. The summed E-state index contributed by atoms with van der Waals surface area (Å²) in [5, 5.41) is 7.60. The van der Waals surface area contributed by atoms with E-state index in [1.54, 1.807) is 30.2 Å². The Morgan fingerprint density at radius 2 is 1.98 bits per heavy atom. The lowest BCUT2D eigenvalue weighted by Gasteiger charge is -2.39. The summed E-state index contributed by atoms with van der Waals surface area (Å²) < 4.78 is 20.0. The first-order chi connectivity index (χ1) is 21.7. The molecule has 3 heterocycles. The number of aromatic nitrogens is 2. The first-order valence-electron chi connectivity index (χ1n) is 15.6. The van der Waals surface area contributed by atoms with Gasteiger partial charge >= 0.3 is 0 Å². The highest BCUT2D eigenvalue weighted by Gasteiger charge is 2.34. The van der Waals surface area contributed by atoms with E-state index >= 15 is 0 Å². The van der Waals surface area contributed by atoms with Gasteiger partial charge in [0, 0.05) is 44.4 Å². The third-order valence-corrected chi connectivity index (χ3v) is 8.62. The third kappa shape index (κ3) is 7.47. The second-order valence-electron chi connectivity index (χ2n) is 11.8. The van der Waals surface area contributed by atoms with Crippen molar-refractivity contribution in [3.63, 3.8) is 0 Å². The molecule has 11 nitrogen and oxygen atoms in total. The second kappa shape index (κ2) is 14.2. The summed E-state index contributed by atoms with van der Waals surface area (Å²) in [5.41, 5.74) is 4.38.